The molecule has 1 atom stereocenters. The van der Waals surface area contributed by atoms with Crippen LogP contribution in [0.1, 0.15) is 24.1 Å². The van der Waals surface area contributed by atoms with Crippen LogP contribution in [0.4, 0.5) is 5.69 Å². The fraction of sp³-hybridized carbons (Fsp3) is 0.250. The summed E-state index contributed by atoms with van der Waals surface area (Å²) in [4.78, 5) is 2.24. The van der Waals surface area contributed by atoms with Crippen molar-refractivity contribution in [1.29, 1.82) is 0 Å². The minimum atomic E-state index is 0.269. The van der Waals surface area contributed by atoms with E-state index in [2.05, 4.69) is 24.9 Å². The maximum absolute atomic E-state index is 6.04. The molecular weight excluding hydrogens is 291 g/mol. The fourth-order valence-corrected chi connectivity index (χ4v) is 2.45. The van der Waals surface area contributed by atoms with Crippen LogP contribution in [0.2, 0.25) is 10.0 Å². The Morgan fingerprint density at radius 1 is 1.15 bits per heavy atom. The molecule has 4 heteroatoms. The van der Waals surface area contributed by atoms with Gasteiger partial charge in [0, 0.05) is 17.6 Å². The summed E-state index contributed by atoms with van der Waals surface area (Å²) in [5, 5.41) is 1.36. The first-order valence-electron chi connectivity index (χ1n) is 6.47. The molecule has 20 heavy (non-hydrogen) atoms. The van der Waals surface area contributed by atoms with Crippen LogP contribution < -0.4 is 5.73 Å². The summed E-state index contributed by atoms with van der Waals surface area (Å²) in [5.74, 6) is 0. The normalized spacial score (nSPS) is 12.7. The molecule has 0 heterocycles. The molecule has 2 aromatic carbocycles. The van der Waals surface area contributed by atoms with Crippen molar-refractivity contribution >= 4 is 28.9 Å². The first kappa shape index (κ1) is 15.2. The number of benzene rings is 2. The molecule has 0 radical (unpaired) electrons. The van der Waals surface area contributed by atoms with Crippen LogP contribution in [0.3, 0.4) is 0 Å². The molecule has 0 saturated carbocycles. The highest BCUT2D eigenvalue weighted by atomic mass is 35.5. The zero-order chi connectivity index (χ0) is 14.7. The van der Waals surface area contributed by atoms with Gasteiger partial charge in [0.2, 0.25) is 0 Å². The summed E-state index contributed by atoms with van der Waals surface area (Å²) in [7, 11) is 2.08. The van der Waals surface area contributed by atoms with E-state index in [-0.39, 0.29) is 6.04 Å². The van der Waals surface area contributed by atoms with Crippen LogP contribution in [0.15, 0.2) is 42.5 Å². The maximum atomic E-state index is 6.04. The molecule has 0 amide bonds. The Hall–Kier alpha value is -1.22. The van der Waals surface area contributed by atoms with Gasteiger partial charge in [-0.1, -0.05) is 41.4 Å². The number of nitrogens with zero attached hydrogens (tertiary/aromatic N) is 1. The van der Waals surface area contributed by atoms with Crippen molar-refractivity contribution in [1.82, 2.24) is 4.90 Å². The highest BCUT2D eigenvalue weighted by Crippen LogP contribution is 2.25. The van der Waals surface area contributed by atoms with E-state index in [1.807, 2.05) is 36.4 Å². The van der Waals surface area contributed by atoms with Gasteiger partial charge in [-0.3, -0.25) is 4.90 Å². The number of rotatable bonds is 4. The van der Waals surface area contributed by atoms with Crippen molar-refractivity contribution < 1.29 is 0 Å². The topological polar surface area (TPSA) is 29.3 Å². The van der Waals surface area contributed by atoms with Crippen molar-refractivity contribution in [3.63, 3.8) is 0 Å². The molecule has 0 aliphatic rings. The lowest BCUT2D eigenvalue weighted by atomic mass is 10.1. The standard InChI is InChI=1S/C16H18Cl2N2/c1-11(13-4-3-5-14(17)9-13)20(2)10-12-6-7-15(18)16(19)8-12/h3-9,11H,10,19H2,1-2H3. The van der Waals surface area contributed by atoms with E-state index in [0.29, 0.717) is 10.7 Å². The number of anilines is 1. The molecule has 0 fully saturated rings. The van der Waals surface area contributed by atoms with Crippen LogP contribution in [0.5, 0.6) is 0 Å². The average molecular weight is 309 g/mol. The van der Waals surface area contributed by atoms with Gasteiger partial charge < -0.3 is 5.73 Å². The monoisotopic (exact) mass is 308 g/mol. The first-order chi connectivity index (χ1) is 9.47. The molecule has 2 nitrogen and oxygen atoms in total. The first-order valence-corrected chi connectivity index (χ1v) is 7.22. The zero-order valence-corrected chi connectivity index (χ0v) is 13.1. The third-order valence-corrected chi connectivity index (χ3v) is 4.06. The van der Waals surface area contributed by atoms with Gasteiger partial charge in [-0.05, 0) is 49.4 Å². The van der Waals surface area contributed by atoms with Crippen molar-refractivity contribution in [2.75, 3.05) is 12.8 Å². The van der Waals surface area contributed by atoms with Crippen molar-refractivity contribution in [2.45, 2.75) is 19.5 Å². The Bertz CT molecular complexity index is 599. The molecule has 0 saturated heterocycles. The summed E-state index contributed by atoms with van der Waals surface area (Å²) in [6.45, 7) is 2.96. The third-order valence-electron chi connectivity index (χ3n) is 3.48. The van der Waals surface area contributed by atoms with Gasteiger partial charge in [-0.2, -0.15) is 0 Å². The largest absolute Gasteiger partial charge is 0.398 e. The minimum Gasteiger partial charge on any atom is -0.398 e. The second-order valence-corrected chi connectivity index (χ2v) is 5.85. The van der Waals surface area contributed by atoms with E-state index < -0.39 is 0 Å². The summed E-state index contributed by atoms with van der Waals surface area (Å²) in [6, 6.07) is 14.0. The molecule has 106 valence electrons. The van der Waals surface area contributed by atoms with Crippen LogP contribution in [0, 0.1) is 0 Å². The number of halogens is 2. The van der Waals surface area contributed by atoms with E-state index in [4.69, 9.17) is 28.9 Å². The zero-order valence-electron chi connectivity index (χ0n) is 11.6. The Balaban J connectivity index is 2.11. The summed E-state index contributed by atoms with van der Waals surface area (Å²) >= 11 is 12.0. The van der Waals surface area contributed by atoms with E-state index in [1.165, 1.54) is 5.56 Å². The number of hydrogen-bond donors (Lipinski definition) is 1. The predicted octanol–water partition coefficient (Wildman–Crippen LogP) is 4.77. The van der Waals surface area contributed by atoms with Crippen LogP contribution in [0.25, 0.3) is 0 Å². The smallest absolute Gasteiger partial charge is 0.0635 e. The van der Waals surface area contributed by atoms with Gasteiger partial charge in [0.05, 0.1) is 10.7 Å². The van der Waals surface area contributed by atoms with E-state index >= 15 is 0 Å². The molecule has 2 N–H and O–H groups in total. The maximum Gasteiger partial charge on any atom is 0.0635 e. The van der Waals surface area contributed by atoms with E-state index in [1.54, 1.807) is 0 Å². The molecule has 0 bridgehead atoms. The fourth-order valence-electron chi connectivity index (χ4n) is 2.14. The molecule has 1 unspecified atom stereocenters. The Kier molecular flexibility index (Phi) is 4.92. The quantitative estimate of drug-likeness (QED) is 0.824. The molecule has 2 aromatic rings. The molecule has 2 rings (SSSR count). The second-order valence-electron chi connectivity index (χ2n) is 5.00. The van der Waals surface area contributed by atoms with Crippen molar-refractivity contribution in [2.24, 2.45) is 0 Å². The Morgan fingerprint density at radius 2 is 1.90 bits per heavy atom. The second kappa shape index (κ2) is 6.49. The highest BCUT2D eigenvalue weighted by molar-refractivity contribution is 6.33. The Morgan fingerprint density at radius 3 is 2.55 bits per heavy atom. The van der Waals surface area contributed by atoms with Gasteiger partial charge >= 0.3 is 0 Å². The van der Waals surface area contributed by atoms with Gasteiger partial charge in [0.15, 0.2) is 0 Å². The van der Waals surface area contributed by atoms with Gasteiger partial charge in [0.1, 0.15) is 0 Å². The van der Waals surface area contributed by atoms with Crippen LogP contribution >= 0.6 is 23.2 Å². The lowest BCUT2D eigenvalue weighted by Crippen LogP contribution is -2.22. The molecule has 0 spiro atoms. The minimum absolute atomic E-state index is 0.269. The van der Waals surface area contributed by atoms with E-state index in [9.17, 15) is 0 Å². The molecule has 0 aliphatic heterocycles. The number of hydrogen-bond acceptors (Lipinski definition) is 2. The average Bonchev–Trinajstić information content (AvgIpc) is 2.42. The molecular formula is C16H18Cl2N2. The Labute approximate surface area is 130 Å². The van der Waals surface area contributed by atoms with Crippen LogP contribution in [-0.2, 0) is 6.54 Å². The summed E-state index contributed by atoms with van der Waals surface area (Å²) < 4.78 is 0. The highest BCUT2D eigenvalue weighted by Gasteiger charge is 2.12. The third kappa shape index (κ3) is 3.66. The van der Waals surface area contributed by atoms with Crippen molar-refractivity contribution in [3.8, 4) is 0 Å². The molecule has 0 aliphatic carbocycles. The lowest BCUT2D eigenvalue weighted by molar-refractivity contribution is 0.253. The molecule has 0 aromatic heterocycles. The summed E-state index contributed by atoms with van der Waals surface area (Å²) in [5.41, 5.74) is 8.79. The van der Waals surface area contributed by atoms with Crippen LogP contribution in [-0.4, -0.2) is 11.9 Å². The SMILES string of the molecule is CC(c1cccc(Cl)c1)N(C)Cc1ccc(Cl)c(N)c1. The van der Waals surface area contributed by atoms with Crippen molar-refractivity contribution in [3.05, 3.63) is 63.6 Å². The van der Waals surface area contributed by atoms with Gasteiger partial charge in [-0.25, -0.2) is 0 Å². The predicted molar refractivity (Wildman–Crippen MR) is 87.2 cm³/mol. The lowest BCUT2D eigenvalue weighted by Gasteiger charge is -2.25. The van der Waals surface area contributed by atoms with E-state index in [0.717, 1.165) is 17.1 Å². The number of nitrogens with two attached hydrogens (primary N) is 1. The van der Waals surface area contributed by atoms with Gasteiger partial charge in [0.25, 0.3) is 0 Å². The van der Waals surface area contributed by atoms with Gasteiger partial charge in [-0.15, -0.1) is 0 Å². The summed E-state index contributed by atoms with van der Waals surface area (Å²) in [6.07, 6.45) is 0. The number of nitrogen functional groups attached to an aromatic ring is 1.